The van der Waals surface area contributed by atoms with E-state index in [1.165, 1.54) is 0 Å². The predicted octanol–water partition coefficient (Wildman–Crippen LogP) is 5.50. The van der Waals surface area contributed by atoms with Crippen molar-refractivity contribution in [3.63, 3.8) is 0 Å². The molecule has 6 heteroatoms. The Kier molecular flexibility index (Phi) is 4.06. The van der Waals surface area contributed by atoms with Crippen LogP contribution in [0.3, 0.4) is 0 Å². The Hall–Kier alpha value is -1.30. The standard InChI is InChI=1S/C15H10Br2ClN3/c16-10-3-1-2-8(6-10)13-14(20-21-15(13)19)9-4-5-12(18)11(17)7-9/h1-7H,(H3,19,20,21). The normalized spacial score (nSPS) is 10.8. The van der Waals surface area contributed by atoms with E-state index in [4.69, 9.17) is 17.3 Å². The fraction of sp³-hybridized carbons (Fsp3) is 0. The highest BCUT2D eigenvalue weighted by atomic mass is 79.9. The lowest BCUT2D eigenvalue weighted by Gasteiger charge is -2.06. The first-order valence-electron chi connectivity index (χ1n) is 6.11. The van der Waals surface area contributed by atoms with Crippen molar-refractivity contribution < 1.29 is 0 Å². The first-order valence-corrected chi connectivity index (χ1v) is 8.08. The number of nitrogens with zero attached hydrogens (tertiary/aromatic N) is 1. The number of aromatic amines is 1. The van der Waals surface area contributed by atoms with Crippen molar-refractivity contribution >= 4 is 49.3 Å². The molecule has 3 N–H and O–H groups in total. The summed E-state index contributed by atoms with van der Waals surface area (Å²) in [5.41, 5.74) is 9.74. The fourth-order valence-corrected chi connectivity index (χ4v) is 3.05. The van der Waals surface area contributed by atoms with Crippen molar-refractivity contribution in [2.75, 3.05) is 5.73 Å². The van der Waals surface area contributed by atoms with Crippen LogP contribution in [-0.2, 0) is 0 Å². The van der Waals surface area contributed by atoms with Crippen LogP contribution in [0.15, 0.2) is 51.4 Å². The number of benzene rings is 2. The highest BCUT2D eigenvalue weighted by molar-refractivity contribution is 9.10. The number of nitrogens with one attached hydrogen (secondary N) is 1. The van der Waals surface area contributed by atoms with Crippen molar-refractivity contribution in [3.8, 4) is 22.4 Å². The molecule has 3 nitrogen and oxygen atoms in total. The molecule has 0 radical (unpaired) electrons. The maximum absolute atomic E-state index is 6.05. The van der Waals surface area contributed by atoms with Crippen LogP contribution in [0.25, 0.3) is 22.4 Å². The summed E-state index contributed by atoms with van der Waals surface area (Å²) >= 11 is 13.0. The number of hydrogen-bond donors (Lipinski definition) is 2. The van der Waals surface area contributed by atoms with E-state index in [0.717, 1.165) is 31.3 Å². The van der Waals surface area contributed by atoms with Gasteiger partial charge in [-0.1, -0.05) is 45.7 Å². The minimum Gasteiger partial charge on any atom is -0.382 e. The number of nitrogen functional groups attached to an aromatic ring is 1. The second-order valence-corrected chi connectivity index (χ2v) is 6.68. The lowest BCUT2D eigenvalue weighted by molar-refractivity contribution is 1.10. The van der Waals surface area contributed by atoms with E-state index < -0.39 is 0 Å². The van der Waals surface area contributed by atoms with Crippen LogP contribution in [0.4, 0.5) is 5.82 Å². The molecule has 0 amide bonds. The van der Waals surface area contributed by atoms with Crippen LogP contribution in [0.5, 0.6) is 0 Å². The minimum absolute atomic E-state index is 0.467. The number of anilines is 1. The molecule has 0 atom stereocenters. The SMILES string of the molecule is Nc1n[nH]c(-c2ccc(Cl)c(Br)c2)c1-c1cccc(Br)c1. The monoisotopic (exact) mass is 425 g/mol. The maximum Gasteiger partial charge on any atom is 0.153 e. The molecule has 21 heavy (non-hydrogen) atoms. The van der Waals surface area contributed by atoms with Gasteiger partial charge in [-0.15, -0.1) is 0 Å². The van der Waals surface area contributed by atoms with Crippen LogP contribution in [0.1, 0.15) is 0 Å². The van der Waals surface area contributed by atoms with Crippen molar-refractivity contribution in [1.29, 1.82) is 0 Å². The minimum atomic E-state index is 0.467. The van der Waals surface area contributed by atoms with Crippen LogP contribution in [-0.4, -0.2) is 10.2 Å². The summed E-state index contributed by atoms with van der Waals surface area (Å²) in [4.78, 5) is 0. The molecule has 0 spiro atoms. The molecule has 3 aromatic rings. The van der Waals surface area contributed by atoms with E-state index in [-0.39, 0.29) is 0 Å². The van der Waals surface area contributed by atoms with E-state index in [0.29, 0.717) is 10.8 Å². The summed E-state index contributed by atoms with van der Waals surface area (Å²) in [5.74, 6) is 0.467. The Morgan fingerprint density at radius 2 is 1.86 bits per heavy atom. The predicted molar refractivity (Wildman–Crippen MR) is 94.3 cm³/mol. The molecule has 0 aliphatic rings. The van der Waals surface area contributed by atoms with Gasteiger partial charge in [0.15, 0.2) is 5.82 Å². The molecule has 0 aliphatic heterocycles. The van der Waals surface area contributed by atoms with Gasteiger partial charge in [-0.25, -0.2) is 0 Å². The Morgan fingerprint density at radius 1 is 1.05 bits per heavy atom. The highest BCUT2D eigenvalue weighted by Gasteiger charge is 2.15. The van der Waals surface area contributed by atoms with Gasteiger partial charge in [-0.2, -0.15) is 5.10 Å². The molecular formula is C15H10Br2ClN3. The molecular weight excluding hydrogens is 417 g/mol. The highest BCUT2D eigenvalue weighted by Crippen LogP contribution is 2.37. The van der Waals surface area contributed by atoms with Gasteiger partial charge in [0.1, 0.15) is 0 Å². The third-order valence-electron chi connectivity index (χ3n) is 3.12. The topological polar surface area (TPSA) is 54.7 Å². The second kappa shape index (κ2) is 5.83. The zero-order chi connectivity index (χ0) is 15.0. The Bertz CT molecular complexity index is 814. The van der Waals surface area contributed by atoms with Gasteiger partial charge < -0.3 is 5.73 Å². The number of aromatic nitrogens is 2. The van der Waals surface area contributed by atoms with E-state index in [9.17, 15) is 0 Å². The summed E-state index contributed by atoms with van der Waals surface area (Å²) in [7, 11) is 0. The lowest BCUT2D eigenvalue weighted by Crippen LogP contribution is -1.89. The van der Waals surface area contributed by atoms with Gasteiger partial charge >= 0.3 is 0 Å². The number of hydrogen-bond acceptors (Lipinski definition) is 2. The molecule has 0 saturated heterocycles. The number of H-pyrrole nitrogens is 1. The molecule has 0 unspecified atom stereocenters. The third-order valence-corrected chi connectivity index (χ3v) is 4.82. The molecule has 2 aromatic carbocycles. The van der Waals surface area contributed by atoms with Crippen molar-refractivity contribution in [2.24, 2.45) is 0 Å². The van der Waals surface area contributed by atoms with Gasteiger partial charge in [0.25, 0.3) is 0 Å². The number of nitrogens with two attached hydrogens (primary N) is 1. The summed E-state index contributed by atoms with van der Waals surface area (Å²) in [6, 6.07) is 13.7. The molecule has 0 bridgehead atoms. The molecule has 0 fully saturated rings. The van der Waals surface area contributed by atoms with E-state index in [1.54, 1.807) is 0 Å². The summed E-state index contributed by atoms with van der Waals surface area (Å²) < 4.78 is 1.82. The molecule has 1 heterocycles. The first kappa shape index (κ1) is 14.6. The zero-order valence-electron chi connectivity index (χ0n) is 10.7. The zero-order valence-corrected chi connectivity index (χ0v) is 14.6. The van der Waals surface area contributed by atoms with Crippen molar-refractivity contribution in [3.05, 3.63) is 56.4 Å². The summed E-state index contributed by atoms with van der Waals surface area (Å²) in [6.07, 6.45) is 0. The maximum atomic E-state index is 6.05. The molecule has 1 aromatic heterocycles. The van der Waals surface area contributed by atoms with Gasteiger partial charge in [0.05, 0.1) is 16.3 Å². The summed E-state index contributed by atoms with van der Waals surface area (Å²) in [5, 5.41) is 7.80. The van der Waals surface area contributed by atoms with E-state index in [1.807, 2.05) is 42.5 Å². The Labute approximate surface area is 143 Å². The van der Waals surface area contributed by atoms with Crippen LogP contribution >= 0.6 is 43.5 Å². The van der Waals surface area contributed by atoms with Gasteiger partial charge in [0.2, 0.25) is 0 Å². The van der Waals surface area contributed by atoms with Gasteiger partial charge in [-0.3, -0.25) is 5.10 Å². The van der Waals surface area contributed by atoms with Gasteiger partial charge in [-0.05, 0) is 45.8 Å². The first-order chi connectivity index (χ1) is 10.1. The number of rotatable bonds is 2. The molecule has 106 valence electrons. The van der Waals surface area contributed by atoms with Crippen LogP contribution < -0.4 is 5.73 Å². The van der Waals surface area contributed by atoms with E-state index in [2.05, 4.69) is 42.1 Å². The second-order valence-electron chi connectivity index (χ2n) is 4.50. The molecule has 3 rings (SSSR count). The summed E-state index contributed by atoms with van der Waals surface area (Å²) in [6.45, 7) is 0. The molecule has 0 aliphatic carbocycles. The largest absolute Gasteiger partial charge is 0.382 e. The van der Waals surface area contributed by atoms with Crippen LogP contribution in [0.2, 0.25) is 5.02 Å². The van der Waals surface area contributed by atoms with Crippen molar-refractivity contribution in [1.82, 2.24) is 10.2 Å². The van der Waals surface area contributed by atoms with Crippen LogP contribution in [0, 0.1) is 0 Å². The average Bonchev–Trinajstić information content (AvgIpc) is 2.84. The average molecular weight is 428 g/mol. The Morgan fingerprint density at radius 3 is 2.57 bits per heavy atom. The van der Waals surface area contributed by atoms with Gasteiger partial charge in [0, 0.05) is 14.5 Å². The molecule has 0 saturated carbocycles. The fourth-order valence-electron chi connectivity index (χ4n) is 2.15. The van der Waals surface area contributed by atoms with Crippen molar-refractivity contribution in [2.45, 2.75) is 0 Å². The number of halogens is 3. The smallest absolute Gasteiger partial charge is 0.153 e. The third kappa shape index (κ3) is 2.86. The quantitative estimate of drug-likeness (QED) is 0.567. The Balaban J connectivity index is 2.19. The lowest BCUT2D eigenvalue weighted by atomic mass is 10.0. The van der Waals surface area contributed by atoms with E-state index >= 15 is 0 Å².